The third-order valence-electron chi connectivity index (χ3n) is 5.44. The van der Waals surface area contributed by atoms with Crippen LogP contribution in [0.2, 0.25) is 0 Å². The van der Waals surface area contributed by atoms with Crippen LogP contribution in [0.25, 0.3) is 0 Å². The summed E-state index contributed by atoms with van der Waals surface area (Å²) < 4.78 is 26.4. The van der Waals surface area contributed by atoms with Crippen LogP contribution >= 0.6 is 11.8 Å². The van der Waals surface area contributed by atoms with Crippen molar-refractivity contribution in [3.05, 3.63) is 96.1 Å². The number of benzene rings is 3. The van der Waals surface area contributed by atoms with Crippen molar-refractivity contribution in [3.8, 4) is 11.5 Å². The smallest absolute Gasteiger partial charge is 0.240 e. The van der Waals surface area contributed by atoms with Crippen molar-refractivity contribution in [2.24, 2.45) is 0 Å². The summed E-state index contributed by atoms with van der Waals surface area (Å²) >= 11 is 1.28. The van der Waals surface area contributed by atoms with E-state index in [2.05, 4.69) is 20.9 Å². The van der Waals surface area contributed by atoms with Gasteiger partial charge in [-0.1, -0.05) is 48.2 Å². The minimum atomic E-state index is -0.605. The molecule has 0 fully saturated rings. The lowest BCUT2D eigenvalue weighted by atomic mass is 10.0. The van der Waals surface area contributed by atoms with Crippen molar-refractivity contribution >= 4 is 23.4 Å². The molecule has 3 aromatic carbocycles. The van der Waals surface area contributed by atoms with Crippen LogP contribution in [-0.4, -0.2) is 33.1 Å². The molecule has 35 heavy (non-hydrogen) atoms. The largest absolute Gasteiger partial charge is 0.497 e. The molecular formula is C25H22FN5O3S. The van der Waals surface area contributed by atoms with Crippen LogP contribution in [0.1, 0.15) is 17.4 Å². The Balaban J connectivity index is 1.41. The molecule has 0 saturated carbocycles. The van der Waals surface area contributed by atoms with Gasteiger partial charge in [-0.3, -0.25) is 4.79 Å². The molecule has 0 spiro atoms. The summed E-state index contributed by atoms with van der Waals surface area (Å²) in [5.74, 6) is 1.31. The Kier molecular flexibility index (Phi) is 6.53. The van der Waals surface area contributed by atoms with Crippen LogP contribution in [0.15, 0.2) is 84.0 Å². The summed E-state index contributed by atoms with van der Waals surface area (Å²) in [6.45, 7) is 0.182. The SMILES string of the molecule is COc1cccc(NC(=O)[C@H]2Sc3nnc(COc4ccccc4)n3N[C@@H]2c2ccc(F)cc2)c1. The van der Waals surface area contributed by atoms with E-state index in [4.69, 9.17) is 9.47 Å². The van der Waals surface area contributed by atoms with E-state index in [1.165, 1.54) is 23.9 Å². The molecule has 5 rings (SSSR count). The number of carbonyl (C=O) groups is 1. The number of hydrogen-bond donors (Lipinski definition) is 2. The molecule has 0 radical (unpaired) electrons. The van der Waals surface area contributed by atoms with Crippen molar-refractivity contribution < 1.29 is 18.7 Å². The normalized spacial score (nSPS) is 16.6. The lowest BCUT2D eigenvalue weighted by Crippen LogP contribution is -2.41. The maximum absolute atomic E-state index is 13.6. The number of nitrogens with zero attached hydrogens (tertiary/aromatic N) is 3. The summed E-state index contributed by atoms with van der Waals surface area (Å²) in [6, 6.07) is 22.1. The van der Waals surface area contributed by atoms with Crippen LogP contribution in [0.3, 0.4) is 0 Å². The minimum Gasteiger partial charge on any atom is -0.497 e. The van der Waals surface area contributed by atoms with Gasteiger partial charge in [0.1, 0.15) is 29.2 Å². The average Bonchev–Trinajstić information content (AvgIpc) is 3.30. The van der Waals surface area contributed by atoms with Gasteiger partial charge in [0, 0.05) is 11.8 Å². The number of methoxy groups -OCH3 is 1. The van der Waals surface area contributed by atoms with Gasteiger partial charge in [0.2, 0.25) is 11.1 Å². The van der Waals surface area contributed by atoms with Gasteiger partial charge in [0.05, 0.1) is 13.2 Å². The van der Waals surface area contributed by atoms with Crippen LogP contribution in [0.4, 0.5) is 10.1 Å². The monoisotopic (exact) mass is 491 g/mol. The fourth-order valence-corrected chi connectivity index (χ4v) is 4.79. The van der Waals surface area contributed by atoms with Gasteiger partial charge in [0.15, 0.2) is 5.82 Å². The van der Waals surface area contributed by atoms with Gasteiger partial charge in [-0.05, 0) is 42.0 Å². The molecule has 1 amide bonds. The molecule has 1 aliphatic rings. The zero-order valence-electron chi connectivity index (χ0n) is 18.7. The number of hydrogen-bond acceptors (Lipinski definition) is 7. The maximum Gasteiger partial charge on any atom is 0.240 e. The molecule has 2 N–H and O–H groups in total. The number of ether oxygens (including phenoxy) is 2. The van der Waals surface area contributed by atoms with E-state index in [1.807, 2.05) is 30.3 Å². The number of halogens is 1. The highest BCUT2D eigenvalue weighted by Gasteiger charge is 2.38. The second-order valence-electron chi connectivity index (χ2n) is 7.75. The van der Waals surface area contributed by atoms with Crippen LogP contribution in [0.5, 0.6) is 11.5 Å². The number of para-hydroxylation sites is 1. The molecule has 0 saturated heterocycles. The topological polar surface area (TPSA) is 90.3 Å². The Hall–Kier alpha value is -4.05. The molecule has 2 heterocycles. The quantitative estimate of drug-likeness (QED) is 0.396. The van der Waals surface area contributed by atoms with Crippen molar-refractivity contribution in [1.29, 1.82) is 0 Å². The van der Waals surface area contributed by atoms with Gasteiger partial charge in [-0.2, -0.15) is 0 Å². The standard InChI is InChI=1S/C25H22FN5O3S/c1-33-20-9-5-6-18(14-20)27-24(32)23-22(16-10-12-17(26)13-11-16)30-31-21(28-29-25(31)35-23)15-34-19-7-3-2-4-8-19/h2-14,22-23,30H,15H2,1H3,(H,27,32)/t22-,23+/m1/s1. The van der Waals surface area contributed by atoms with E-state index in [0.717, 1.165) is 5.56 Å². The number of rotatable bonds is 7. The van der Waals surface area contributed by atoms with Crippen molar-refractivity contribution in [3.63, 3.8) is 0 Å². The first-order valence-corrected chi connectivity index (χ1v) is 11.7. The lowest BCUT2D eigenvalue weighted by Gasteiger charge is -2.33. The van der Waals surface area contributed by atoms with E-state index in [0.29, 0.717) is 28.2 Å². The van der Waals surface area contributed by atoms with Gasteiger partial charge in [0.25, 0.3) is 0 Å². The number of amides is 1. The first-order valence-electron chi connectivity index (χ1n) is 10.9. The van der Waals surface area contributed by atoms with Crippen molar-refractivity contribution in [1.82, 2.24) is 14.9 Å². The first kappa shape index (κ1) is 22.7. The van der Waals surface area contributed by atoms with Crippen LogP contribution in [-0.2, 0) is 11.4 Å². The highest BCUT2D eigenvalue weighted by Crippen LogP contribution is 2.38. The maximum atomic E-state index is 13.6. The fraction of sp³-hybridized carbons (Fsp3) is 0.160. The Bertz CT molecular complexity index is 1320. The highest BCUT2D eigenvalue weighted by molar-refractivity contribution is 8.00. The predicted molar refractivity (Wildman–Crippen MR) is 131 cm³/mol. The van der Waals surface area contributed by atoms with E-state index in [-0.39, 0.29) is 18.3 Å². The molecule has 2 atom stereocenters. The fourth-order valence-electron chi connectivity index (χ4n) is 3.69. The summed E-state index contributed by atoms with van der Waals surface area (Å²) in [7, 11) is 1.57. The van der Waals surface area contributed by atoms with E-state index in [9.17, 15) is 9.18 Å². The zero-order chi connectivity index (χ0) is 24.2. The molecule has 0 aliphatic carbocycles. The minimum absolute atomic E-state index is 0.182. The molecule has 0 unspecified atom stereocenters. The number of aromatic nitrogens is 3. The summed E-state index contributed by atoms with van der Waals surface area (Å²) in [4.78, 5) is 13.4. The average molecular weight is 492 g/mol. The second-order valence-corrected chi connectivity index (χ2v) is 8.86. The molecule has 178 valence electrons. The highest BCUT2D eigenvalue weighted by atomic mass is 32.2. The Morgan fingerprint density at radius 3 is 2.60 bits per heavy atom. The summed E-state index contributed by atoms with van der Waals surface area (Å²) in [6.07, 6.45) is 0. The molecule has 10 heteroatoms. The molecular weight excluding hydrogens is 469 g/mol. The van der Waals surface area contributed by atoms with Gasteiger partial charge >= 0.3 is 0 Å². The van der Waals surface area contributed by atoms with Gasteiger partial charge in [-0.15, -0.1) is 10.2 Å². The van der Waals surface area contributed by atoms with Crippen LogP contribution < -0.4 is 20.2 Å². The second kappa shape index (κ2) is 10.1. The molecule has 4 aromatic rings. The number of fused-ring (bicyclic) bond motifs is 1. The van der Waals surface area contributed by atoms with E-state index in [1.54, 1.807) is 48.2 Å². The lowest BCUT2D eigenvalue weighted by molar-refractivity contribution is -0.116. The third-order valence-corrected chi connectivity index (χ3v) is 6.65. The molecule has 0 bridgehead atoms. The number of thioether (sulfide) groups is 1. The summed E-state index contributed by atoms with van der Waals surface area (Å²) in [5, 5.41) is 11.4. The van der Waals surface area contributed by atoms with Crippen molar-refractivity contribution in [2.45, 2.75) is 23.1 Å². The summed E-state index contributed by atoms with van der Waals surface area (Å²) in [5.41, 5.74) is 4.70. The van der Waals surface area contributed by atoms with Gasteiger partial charge < -0.3 is 20.2 Å². The third kappa shape index (κ3) is 5.07. The first-order chi connectivity index (χ1) is 17.1. The molecule has 8 nitrogen and oxygen atoms in total. The zero-order valence-corrected chi connectivity index (χ0v) is 19.5. The Morgan fingerprint density at radius 2 is 1.83 bits per heavy atom. The Morgan fingerprint density at radius 1 is 1.06 bits per heavy atom. The van der Waals surface area contributed by atoms with Crippen molar-refractivity contribution in [2.75, 3.05) is 17.9 Å². The molecule has 1 aromatic heterocycles. The van der Waals surface area contributed by atoms with E-state index < -0.39 is 11.3 Å². The Labute approximate surface area is 205 Å². The van der Waals surface area contributed by atoms with Gasteiger partial charge in [-0.25, -0.2) is 9.07 Å². The number of carbonyl (C=O) groups excluding carboxylic acids is 1. The van der Waals surface area contributed by atoms with Crippen LogP contribution in [0, 0.1) is 5.82 Å². The molecule has 1 aliphatic heterocycles. The number of anilines is 1. The number of nitrogens with one attached hydrogen (secondary N) is 2. The predicted octanol–water partition coefficient (Wildman–Crippen LogP) is 4.40. The van der Waals surface area contributed by atoms with E-state index >= 15 is 0 Å².